The van der Waals surface area contributed by atoms with Gasteiger partial charge in [0.1, 0.15) is 0 Å². The molecule has 0 radical (unpaired) electrons. The lowest BCUT2D eigenvalue weighted by Crippen LogP contribution is -2.05. The van der Waals surface area contributed by atoms with E-state index in [-0.39, 0.29) is 6.04 Å². The van der Waals surface area contributed by atoms with Crippen molar-refractivity contribution in [3.05, 3.63) is 41.2 Å². The molecule has 0 aliphatic rings. The molecule has 2 aromatic rings. The molecule has 0 bridgehead atoms. The lowest BCUT2D eigenvalue weighted by Gasteiger charge is -2.09. The molecular weight excluding hydrogens is 254 g/mol. The van der Waals surface area contributed by atoms with Gasteiger partial charge in [-0.25, -0.2) is 4.98 Å². The van der Waals surface area contributed by atoms with Crippen LogP contribution >= 0.6 is 23.4 Å². The van der Waals surface area contributed by atoms with Crippen molar-refractivity contribution in [1.82, 2.24) is 9.55 Å². The highest BCUT2D eigenvalue weighted by atomic mass is 35.5. The molecule has 1 atom stereocenters. The minimum absolute atomic E-state index is 0.0466. The summed E-state index contributed by atoms with van der Waals surface area (Å²) in [4.78, 5) is 5.32. The number of aryl methyl sites for hydroxylation is 1. The van der Waals surface area contributed by atoms with Crippen molar-refractivity contribution in [1.29, 1.82) is 0 Å². The highest BCUT2D eigenvalue weighted by Crippen LogP contribution is 2.31. The standard InChI is InChI=1S/C12H14ClN3S/c1-8(14)10-4-3-9(7-11(10)13)17-12-15-5-6-16(12)2/h3-8H,14H2,1-2H3. The minimum Gasteiger partial charge on any atom is -0.329 e. The summed E-state index contributed by atoms with van der Waals surface area (Å²) >= 11 is 7.77. The second-order valence-corrected chi connectivity index (χ2v) is 5.34. The third-order valence-corrected chi connectivity index (χ3v) is 3.84. The Morgan fingerprint density at radius 2 is 2.24 bits per heavy atom. The van der Waals surface area contributed by atoms with Crippen LogP contribution in [0.5, 0.6) is 0 Å². The highest BCUT2D eigenvalue weighted by molar-refractivity contribution is 7.99. The molecule has 0 aliphatic heterocycles. The fraction of sp³-hybridized carbons (Fsp3) is 0.250. The number of halogens is 1. The topological polar surface area (TPSA) is 43.8 Å². The lowest BCUT2D eigenvalue weighted by atomic mass is 10.1. The maximum Gasteiger partial charge on any atom is 0.172 e. The molecule has 17 heavy (non-hydrogen) atoms. The zero-order valence-corrected chi connectivity index (χ0v) is 11.3. The molecule has 0 fully saturated rings. The van der Waals surface area contributed by atoms with E-state index in [4.69, 9.17) is 17.3 Å². The van der Waals surface area contributed by atoms with Gasteiger partial charge in [-0.05, 0) is 24.6 Å². The van der Waals surface area contributed by atoms with Gasteiger partial charge in [0.25, 0.3) is 0 Å². The van der Waals surface area contributed by atoms with Gasteiger partial charge in [0.05, 0.1) is 0 Å². The van der Waals surface area contributed by atoms with Gasteiger partial charge in [0, 0.05) is 35.4 Å². The van der Waals surface area contributed by atoms with E-state index in [0.29, 0.717) is 5.02 Å². The summed E-state index contributed by atoms with van der Waals surface area (Å²) in [6.07, 6.45) is 3.69. The Morgan fingerprint density at radius 3 is 2.76 bits per heavy atom. The van der Waals surface area contributed by atoms with Crippen LogP contribution in [0, 0.1) is 0 Å². The van der Waals surface area contributed by atoms with E-state index >= 15 is 0 Å². The maximum atomic E-state index is 6.18. The zero-order chi connectivity index (χ0) is 12.4. The number of rotatable bonds is 3. The van der Waals surface area contributed by atoms with Crippen LogP contribution in [-0.4, -0.2) is 9.55 Å². The van der Waals surface area contributed by atoms with Gasteiger partial charge in [0.2, 0.25) is 0 Å². The van der Waals surface area contributed by atoms with E-state index < -0.39 is 0 Å². The Hall–Kier alpha value is -0.970. The third kappa shape index (κ3) is 2.83. The molecule has 90 valence electrons. The van der Waals surface area contributed by atoms with Crippen molar-refractivity contribution in [3.63, 3.8) is 0 Å². The Bertz CT molecular complexity index is 522. The van der Waals surface area contributed by atoms with Gasteiger partial charge < -0.3 is 10.3 Å². The van der Waals surface area contributed by atoms with E-state index in [0.717, 1.165) is 15.6 Å². The average molecular weight is 268 g/mol. The average Bonchev–Trinajstić information content (AvgIpc) is 2.64. The first-order chi connectivity index (χ1) is 8.08. The van der Waals surface area contributed by atoms with Crippen LogP contribution < -0.4 is 5.73 Å². The molecule has 3 nitrogen and oxygen atoms in total. The molecule has 0 amide bonds. The van der Waals surface area contributed by atoms with Gasteiger partial charge in [-0.2, -0.15) is 0 Å². The summed E-state index contributed by atoms with van der Waals surface area (Å²) < 4.78 is 1.97. The monoisotopic (exact) mass is 267 g/mol. The molecule has 0 saturated carbocycles. The molecule has 0 spiro atoms. The van der Waals surface area contributed by atoms with Gasteiger partial charge in [-0.3, -0.25) is 0 Å². The fourth-order valence-corrected chi connectivity index (χ4v) is 2.76. The Labute approximate surface area is 110 Å². The summed E-state index contributed by atoms with van der Waals surface area (Å²) in [5.41, 5.74) is 6.79. The van der Waals surface area contributed by atoms with E-state index in [1.807, 2.05) is 42.9 Å². The molecule has 1 aromatic heterocycles. The van der Waals surface area contributed by atoms with Crippen LogP contribution in [0.4, 0.5) is 0 Å². The van der Waals surface area contributed by atoms with Crippen molar-refractivity contribution in [2.24, 2.45) is 12.8 Å². The number of nitrogens with zero attached hydrogens (tertiary/aromatic N) is 2. The molecule has 0 saturated heterocycles. The van der Waals surface area contributed by atoms with Gasteiger partial charge >= 0.3 is 0 Å². The summed E-state index contributed by atoms with van der Waals surface area (Å²) in [5, 5.41) is 1.65. The molecule has 1 heterocycles. The van der Waals surface area contributed by atoms with Crippen LogP contribution in [0.1, 0.15) is 18.5 Å². The quantitative estimate of drug-likeness (QED) is 0.928. The molecule has 2 rings (SSSR count). The number of hydrogen-bond donors (Lipinski definition) is 1. The molecule has 1 unspecified atom stereocenters. The summed E-state index contributed by atoms with van der Waals surface area (Å²) in [6.45, 7) is 1.92. The first-order valence-corrected chi connectivity index (χ1v) is 6.47. The number of benzene rings is 1. The second kappa shape index (κ2) is 5.12. The normalized spacial score (nSPS) is 12.7. The summed E-state index contributed by atoms with van der Waals surface area (Å²) in [6, 6.07) is 5.87. The van der Waals surface area contributed by atoms with E-state index in [1.54, 1.807) is 18.0 Å². The first-order valence-electron chi connectivity index (χ1n) is 5.28. The van der Waals surface area contributed by atoms with Crippen LogP contribution in [0.3, 0.4) is 0 Å². The van der Waals surface area contributed by atoms with Crippen LogP contribution in [0.15, 0.2) is 40.6 Å². The highest BCUT2D eigenvalue weighted by Gasteiger charge is 2.08. The fourth-order valence-electron chi connectivity index (χ4n) is 1.50. The van der Waals surface area contributed by atoms with Crippen LogP contribution in [0.2, 0.25) is 5.02 Å². The Kier molecular flexibility index (Phi) is 3.76. The Balaban J connectivity index is 2.24. The predicted molar refractivity (Wildman–Crippen MR) is 71.4 cm³/mol. The predicted octanol–water partition coefficient (Wildman–Crippen LogP) is 3.24. The number of nitrogens with two attached hydrogens (primary N) is 1. The van der Waals surface area contributed by atoms with Crippen molar-refractivity contribution >= 4 is 23.4 Å². The van der Waals surface area contributed by atoms with E-state index in [1.165, 1.54) is 0 Å². The third-order valence-electron chi connectivity index (χ3n) is 2.45. The van der Waals surface area contributed by atoms with Crippen LogP contribution in [-0.2, 0) is 7.05 Å². The van der Waals surface area contributed by atoms with Crippen molar-refractivity contribution in [2.45, 2.75) is 23.0 Å². The molecule has 5 heteroatoms. The van der Waals surface area contributed by atoms with E-state index in [9.17, 15) is 0 Å². The summed E-state index contributed by atoms with van der Waals surface area (Å²) in [7, 11) is 1.97. The maximum absolute atomic E-state index is 6.18. The van der Waals surface area contributed by atoms with Crippen molar-refractivity contribution < 1.29 is 0 Å². The molecule has 0 aliphatic carbocycles. The zero-order valence-electron chi connectivity index (χ0n) is 9.72. The van der Waals surface area contributed by atoms with Gasteiger partial charge in [0.15, 0.2) is 5.16 Å². The minimum atomic E-state index is -0.0466. The second-order valence-electron chi connectivity index (χ2n) is 3.89. The SMILES string of the molecule is CC(N)c1ccc(Sc2nccn2C)cc1Cl. The Morgan fingerprint density at radius 1 is 1.47 bits per heavy atom. The number of hydrogen-bond acceptors (Lipinski definition) is 3. The first kappa shape index (κ1) is 12.5. The number of imidazole rings is 1. The van der Waals surface area contributed by atoms with Gasteiger partial charge in [-0.1, -0.05) is 29.4 Å². The largest absolute Gasteiger partial charge is 0.329 e. The lowest BCUT2D eigenvalue weighted by molar-refractivity contribution is 0.789. The van der Waals surface area contributed by atoms with Gasteiger partial charge in [-0.15, -0.1) is 0 Å². The molecular formula is C12H14ClN3S. The van der Waals surface area contributed by atoms with Crippen LogP contribution in [0.25, 0.3) is 0 Å². The van der Waals surface area contributed by atoms with E-state index in [2.05, 4.69) is 4.98 Å². The molecule has 1 aromatic carbocycles. The van der Waals surface area contributed by atoms with Crippen molar-refractivity contribution in [3.8, 4) is 0 Å². The smallest absolute Gasteiger partial charge is 0.172 e. The molecule has 2 N–H and O–H groups in total. The van der Waals surface area contributed by atoms with Crippen molar-refractivity contribution in [2.75, 3.05) is 0 Å². The number of aromatic nitrogens is 2. The summed E-state index contributed by atoms with van der Waals surface area (Å²) in [5.74, 6) is 0.